The maximum absolute atomic E-state index is 11.9. The summed E-state index contributed by atoms with van der Waals surface area (Å²) in [5, 5.41) is 11.0. The van der Waals surface area contributed by atoms with E-state index in [2.05, 4.69) is 15.5 Å². The van der Waals surface area contributed by atoms with Gasteiger partial charge in [0.25, 0.3) is 0 Å². The molecule has 116 valence electrons. The van der Waals surface area contributed by atoms with Crippen LogP contribution in [0.2, 0.25) is 5.02 Å². The highest BCUT2D eigenvalue weighted by molar-refractivity contribution is 6.31. The van der Waals surface area contributed by atoms with E-state index in [-0.39, 0.29) is 24.7 Å². The van der Waals surface area contributed by atoms with Crippen LogP contribution in [0.25, 0.3) is 0 Å². The Morgan fingerprint density at radius 1 is 1.36 bits per heavy atom. The quantitative estimate of drug-likeness (QED) is 0.818. The highest BCUT2D eigenvalue weighted by atomic mass is 35.5. The predicted molar refractivity (Wildman–Crippen MR) is 80.4 cm³/mol. The van der Waals surface area contributed by atoms with Crippen molar-refractivity contribution < 1.29 is 14.3 Å². The third kappa shape index (κ3) is 4.56. The van der Waals surface area contributed by atoms with E-state index in [1.165, 1.54) is 6.20 Å². The van der Waals surface area contributed by atoms with Gasteiger partial charge in [-0.15, -0.1) is 5.10 Å². The Morgan fingerprint density at radius 2 is 2.14 bits per heavy atom. The second kappa shape index (κ2) is 7.56. The Kier molecular flexibility index (Phi) is 5.48. The molecule has 0 saturated heterocycles. The number of hydrogen-bond donors (Lipinski definition) is 1. The fourth-order valence-electron chi connectivity index (χ4n) is 1.75. The molecule has 0 bridgehead atoms. The van der Waals surface area contributed by atoms with Crippen LogP contribution in [-0.4, -0.2) is 33.5 Å². The van der Waals surface area contributed by atoms with Crippen LogP contribution >= 0.6 is 11.6 Å². The third-order valence-corrected chi connectivity index (χ3v) is 3.06. The largest absolute Gasteiger partial charge is 0.465 e. The van der Waals surface area contributed by atoms with Crippen molar-refractivity contribution in [1.29, 1.82) is 0 Å². The number of aromatic nitrogens is 3. The molecule has 2 rings (SSSR count). The molecule has 0 saturated carbocycles. The molecule has 22 heavy (non-hydrogen) atoms. The summed E-state index contributed by atoms with van der Waals surface area (Å²) in [6, 6.07) is 7.11. The second-order valence-electron chi connectivity index (χ2n) is 4.38. The van der Waals surface area contributed by atoms with Crippen molar-refractivity contribution in [3.8, 4) is 0 Å². The Bertz CT molecular complexity index is 672. The van der Waals surface area contributed by atoms with Gasteiger partial charge in [0.1, 0.15) is 0 Å². The van der Waals surface area contributed by atoms with Gasteiger partial charge in [0.15, 0.2) is 12.4 Å². The average Bonchev–Trinajstić information content (AvgIpc) is 2.88. The van der Waals surface area contributed by atoms with Crippen molar-refractivity contribution in [3.05, 3.63) is 41.0 Å². The number of benzene rings is 1. The average molecular weight is 323 g/mol. The lowest BCUT2D eigenvalue weighted by Crippen LogP contribution is -2.17. The van der Waals surface area contributed by atoms with Gasteiger partial charge in [0, 0.05) is 5.02 Å². The van der Waals surface area contributed by atoms with E-state index >= 15 is 0 Å². The van der Waals surface area contributed by atoms with Gasteiger partial charge in [0.2, 0.25) is 5.91 Å². The van der Waals surface area contributed by atoms with Gasteiger partial charge in [-0.1, -0.05) is 29.8 Å². The highest BCUT2D eigenvalue weighted by Gasteiger charge is 2.11. The number of halogens is 1. The first kappa shape index (κ1) is 16.0. The van der Waals surface area contributed by atoms with E-state index in [0.29, 0.717) is 11.6 Å². The van der Waals surface area contributed by atoms with Gasteiger partial charge in [-0.05, 0) is 18.6 Å². The van der Waals surface area contributed by atoms with E-state index in [4.69, 9.17) is 16.3 Å². The van der Waals surface area contributed by atoms with Crippen molar-refractivity contribution in [2.45, 2.75) is 19.9 Å². The number of hydrogen-bond acceptors (Lipinski definition) is 5. The summed E-state index contributed by atoms with van der Waals surface area (Å²) in [4.78, 5) is 24.4. The zero-order valence-electron chi connectivity index (χ0n) is 12.0. The highest BCUT2D eigenvalue weighted by Crippen LogP contribution is 2.15. The summed E-state index contributed by atoms with van der Waals surface area (Å²) in [6.45, 7) is 1.91. The number of nitrogens with zero attached hydrogens (tertiary/aromatic N) is 3. The predicted octanol–water partition coefficient (Wildman–Crippen LogP) is 1.68. The standard InChI is InChI=1S/C14H15ClN4O3/c1-2-22-14(21)9-19-16-8-12(18-19)17-13(20)7-10-5-3-4-6-11(10)15/h3-6,8H,2,7,9H2,1H3,(H,17,18,20). The first-order chi connectivity index (χ1) is 10.6. The van der Waals surface area contributed by atoms with Gasteiger partial charge in [0.05, 0.1) is 19.2 Å². The number of nitrogens with one attached hydrogen (secondary N) is 1. The topological polar surface area (TPSA) is 86.1 Å². The molecule has 1 amide bonds. The van der Waals surface area contributed by atoms with E-state index in [1.54, 1.807) is 25.1 Å². The molecule has 0 aliphatic heterocycles. The Hall–Kier alpha value is -2.41. The summed E-state index contributed by atoms with van der Waals surface area (Å²) in [5.41, 5.74) is 0.723. The molecule has 0 aliphatic carbocycles. The Labute approximate surface area is 132 Å². The molecule has 0 fully saturated rings. The van der Waals surface area contributed by atoms with Crippen LogP contribution in [0.3, 0.4) is 0 Å². The number of anilines is 1. The van der Waals surface area contributed by atoms with Gasteiger partial charge >= 0.3 is 5.97 Å². The summed E-state index contributed by atoms with van der Waals surface area (Å²) in [7, 11) is 0. The molecular formula is C14H15ClN4O3. The van der Waals surface area contributed by atoms with E-state index in [9.17, 15) is 9.59 Å². The van der Waals surface area contributed by atoms with Crippen molar-refractivity contribution >= 4 is 29.3 Å². The van der Waals surface area contributed by atoms with Crippen LogP contribution < -0.4 is 5.32 Å². The van der Waals surface area contributed by atoms with E-state index in [1.807, 2.05) is 6.07 Å². The minimum atomic E-state index is -0.438. The zero-order valence-corrected chi connectivity index (χ0v) is 12.7. The molecule has 0 atom stereocenters. The smallest absolute Gasteiger partial charge is 0.329 e. The monoisotopic (exact) mass is 322 g/mol. The molecule has 1 aromatic carbocycles. The third-order valence-electron chi connectivity index (χ3n) is 2.69. The lowest BCUT2D eigenvalue weighted by Gasteiger charge is -2.04. The second-order valence-corrected chi connectivity index (χ2v) is 4.79. The first-order valence-electron chi connectivity index (χ1n) is 6.67. The molecular weight excluding hydrogens is 308 g/mol. The minimum absolute atomic E-state index is 0.103. The Balaban J connectivity index is 1.91. The fourth-order valence-corrected chi connectivity index (χ4v) is 1.96. The summed E-state index contributed by atoms with van der Waals surface area (Å²) >= 11 is 6.00. The van der Waals surface area contributed by atoms with Crippen LogP contribution in [-0.2, 0) is 27.3 Å². The molecule has 1 heterocycles. The first-order valence-corrected chi connectivity index (χ1v) is 7.05. The number of carbonyl (C=O) groups is 2. The summed E-state index contributed by atoms with van der Waals surface area (Å²) < 4.78 is 4.79. The lowest BCUT2D eigenvalue weighted by molar-refractivity contribution is -0.144. The minimum Gasteiger partial charge on any atom is -0.465 e. The van der Waals surface area contributed by atoms with Gasteiger partial charge in [-0.25, -0.2) is 4.79 Å². The molecule has 0 aliphatic rings. The number of ether oxygens (including phenoxy) is 1. The molecule has 0 spiro atoms. The lowest BCUT2D eigenvalue weighted by atomic mass is 10.1. The van der Waals surface area contributed by atoms with Crippen LogP contribution in [0.1, 0.15) is 12.5 Å². The molecule has 1 aromatic heterocycles. The fraction of sp³-hybridized carbons (Fsp3) is 0.286. The molecule has 7 nitrogen and oxygen atoms in total. The maximum Gasteiger partial charge on any atom is 0.329 e. The maximum atomic E-state index is 11.9. The Morgan fingerprint density at radius 3 is 2.86 bits per heavy atom. The van der Waals surface area contributed by atoms with Crippen LogP contribution in [0, 0.1) is 0 Å². The van der Waals surface area contributed by atoms with Crippen LogP contribution in [0.15, 0.2) is 30.5 Å². The van der Waals surface area contributed by atoms with Gasteiger partial charge in [-0.3, -0.25) is 4.79 Å². The number of rotatable bonds is 6. The van der Waals surface area contributed by atoms with E-state index in [0.717, 1.165) is 10.4 Å². The van der Waals surface area contributed by atoms with Crippen LogP contribution in [0.5, 0.6) is 0 Å². The van der Waals surface area contributed by atoms with Crippen LogP contribution in [0.4, 0.5) is 5.82 Å². The molecule has 0 unspecified atom stereocenters. The summed E-state index contributed by atoms with van der Waals surface area (Å²) in [6.07, 6.45) is 1.49. The molecule has 2 aromatic rings. The zero-order chi connectivity index (χ0) is 15.9. The van der Waals surface area contributed by atoms with Gasteiger partial charge < -0.3 is 10.1 Å². The number of esters is 1. The summed E-state index contributed by atoms with van der Waals surface area (Å²) in [5.74, 6) is -0.440. The van der Waals surface area contributed by atoms with Gasteiger partial charge in [-0.2, -0.15) is 9.90 Å². The normalized spacial score (nSPS) is 10.3. The van der Waals surface area contributed by atoms with E-state index < -0.39 is 5.97 Å². The number of amides is 1. The van der Waals surface area contributed by atoms with Crippen molar-refractivity contribution in [3.63, 3.8) is 0 Å². The molecule has 8 heteroatoms. The molecule has 0 radical (unpaired) electrons. The SMILES string of the molecule is CCOC(=O)Cn1ncc(NC(=O)Cc2ccccc2Cl)n1. The molecule has 1 N–H and O–H groups in total. The van der Waals surface area contributed by atoms with Crippen molar-refractivity contribution in [1.82, 2.24) is 15.0 Å². The van der Waals surface area contributed by atoms with Crippen molar-refractivity contribution in [2.24, 2.45) is 0 Å². The van der Waals surface area contributed by atoms with Crippen molar-refractivity contribution in [2.75, 3.05) is 11.9 Å². The number of carbonyl (C=O) groups excluding carboxylic acids is 2.